The number of hydrogen-bond donors (Lipinski definition) is 0. The van der Waals surface area contributed by atoms with Crippen LogP contribution in [0, 0.1) is 0 Å². The largest absolute Gasteiger partial charge is 0.335 e. The van der Waals surface area contributed by atoms with Gasteiger partial charge in [-0.3, -0.25) is 9.59 Å². The molecule has 90 valence electrons. The van der Waals surface area contributed by atoms with Crippen molar-refractivity contribution in [2.75, 3.05) is 7.05 Å². The first-order chi connectivity index (χ1) is 8.08. The molecule has 0 heterocycles. The van der Waals surface area contributed by atoms with Crippen LogP contribution in [-0.4, -0.2) is 23.6 Å². The van der Waals surface area contributed by atoms with Crippen LogP contribution in [0.1, 0.15) is 30.0 Å². The maximum absolute atomic E-state index is 11.5. The first-order valence-corrected chi connectivity index (χ1v) is 5.94. The van der Waals surface area contributed by atoms with E-state index in [4.69, 9.17) is 0 Å². The zero-order valence-electron chi connectivity index (χ0n) is 10.3. The molecule has 0 aromatic heterocycles. The summed E-state index contributed by atoms with van der Waals surface area (Å²) < 4.78 is 0. The second-order valence-electron chi connectivity index (χ2n) is 4.67. The summed E-state index contributed by atoms with van der Waals surface area (Å²) in [5.74, 6) is -0.834. The van der Waals surface area contributed by atoms with Crippen LogP contribution in [0.15, 0.2) is 18.2 Å². The van der Waals surface area contributed by atoms with Gasteiger partial charge in [0.05, 0.1) is 0 Å². The van der Waals surface area contributed by atoms with Gasteiger partial charge in [-0.1, -0.05) is 18.2 Å². The summed E-state index contributed by atoms with van der Waals surface area (Å²) in [6.45, 7) is 1.81. The molecule has 0 atom stereocenters. The molecule has 0 N–H and O–H groups in total. The number of carbonyl (C=O) groups excluding carboxylic acids is 2. The number of rotatable bonds is 3. The molecule has 1 amide bonds. The molecule has 1 aromatic carbocycles. The summed E-state index contributed by atoms with van der Waals surface area (Å²) in [6.07, 6.45) is 3.52. The molecule has 17 heavy (non-hydrogen) atoms. The van der Waals surface area contributed by atoms with E-state index in [0.29, 0.717) is 6.54 Å². The number of amides is 1. The van der Waals surface area contributed by atoms with Crippen molar-refractivity contribution in [3.63, 3.8) is 0 Å². The highest BCUT2D eigenvalue weighted by molar-refractivity contribution is 6.34. The maximum atomic E-state index is 11.5. The fraction of sp³-hybridized carbons (Fsp3) is 0.429. The highest BCUT2D eigenvalue weighted by Gasteiger charge is 2.15. The summed E-state index contributed by atoms with van der Waals surface area (Å²) in [7, 11) is 1.66. The highest BCUT2D eigenvalue weighted by atomic mass is 16.2. The quantitative estimate of drug-likeness (QED) is 0.743. The van der Waals surface area contributed by atoms with Gasteiger partial charge in [0.2, 0.25) is 5.78 Å². The van der Waals surface area contributed by atoms with Crippen LogP contribution in [0.4, 0.5) is 0 Å². The predicted molar refractivity (Wildman–Crippen MR) is 65.6 cm³/mol. The standard InChI is InChI=1S/C14H17NO2/c1-10(16)14(17)15(2)9-11-6-7-12-4-3-5-13(12)8-11/h6-8H,3-5,9H2,1-2H3. The second-order valence-corrected chi connectivity index (χ2v) is 4.67. The lowest BCUT2D eigenvalue weighted by Crippen LogP contribution is -2.31. The van der Waals surface area contributed by atoms with Crippen molar-refractivity contribution in [3.8, 4) is 0 Å². The molecule has 0 radical (unpaired) electrons. The molecule has 3 heteroatoms. The van der Waals surface area contributed by atoms with Crippen LogP contribution in [0.2, 0.25) is 0 Å². The van der Waals surface area contributed by atoms with Gasteiger partial charge in [-0.2, -0.15) is 0 Å². The van der Waals surface area contributed by atoms with Crippen LogP contribution in [-0.2, 0) is 29.0 Å². The molecule has 0 spiro atoms. The van der Waals surface area contributed by atoms with E-state index >= 15 is 0 Å². The lowest BCUT2D eigenvalue weighted by atomic mass is 10.1. The van der Waals surface area contributed by atoms with Gasteiger partial charge in [0.1, 0.15) is 0 Å². The van der Waals surface area contributed by atoms with Gasteiger partial charge in [0.25, 0.3) is 5.91 Å². The van der Waals surface area contributed by atoms with Crippen molar-refractivity contribution >= 4 is 11.7 Å². The lowest BCUT2D eigenvalue weighted by Gasteiger charge is -2.16. The van der Waals surface area contributed by atoms with Crippen molar-refractivity contribution < 1.29 is 9.59 Å². The van der Waals surface area contributed by atoms with Crippen molar-refractivity contribution in [2.24, 2.45) is 0 Å². The Kier molecular flexibility index (Phi) is 3.27. The monoisotopic (exact) mass is 231 g/mol. The molecular weight excluding hydrogens is 214 g/mol. The first kappa shape index (κ1) is 11.8. The van der Waals surface area contributed by atoms with E-state index in [2.05, 4.69) is 12.1 Å². The minimum Gasteiger partial charge on any atom is -0.335 e. The average molecular weight is 231 g/mol. The third kappa shape index (κ3) is 2.54. The van der Waals surface area contributed by atoms with Crippen LogP contribution in [0.25, 0.3) is 0 Å². The van der Waals surface area contributed by atoms with Crippen molar-refractivity contribution in [1.82, 2.24) is 4.90 Å². The summed E-state index contributed by atoms with van der Waals surface area (Å²) in [6, 6.07) is 6.35. The van der Waals surface area contributed by atoms with Gasteiger partial charge < -0.3 is 4.90 Å². The van der Waals surface area contributed by atoms with Gasteiger partial charge >= 0.3 is 0 Å². The van der Waals surface area contributed by atoms with Crippen molar-refractivity contribution in [1.29, 1.82) is 0 Å². The molecule has 3 nitrogen and oxygen atoms in total. The smallest absolute Gasteiger partial charge is 0.289 e. The Morgan fingerprint density at radius 1 is 1.24 bits per heavy atom. The molecule has 0 saturated heterocycles. The third-order valence-corrected chi connectivity index (χ3v) is 3.23. The molecule has 2 rings (SSSR count). The zero-order valence-corrected chi connectivity index (χ0v) is 10.3. The zero-order chi connectivity index (χ0) is 12.4. The van der Waals surface area contributed by atoms with Gasteiger partial charge in [-0.05, 0) is 36.0 Å². The molecule has 1 aliphatic rings. The Balaban J connectivity index is 2.09. The summed E-state index contributed by atoms with van der Waals surface area (Å²) in [5.41, 5.74) is 3.92. The minimum atomic E-state index is -0.425. The van der Waals surface area contributed by atoms with Crippen molar-refractivity contribution in [2.45, 2.75) is 32.7 Å². The van der Waals surface area contributed by atoms with Gasteiger partial charge in [-0.25, -0.2) is 0 Å². The number of hydrogen-bond acceptors (Lipinski definition) is 2. The number of nitrogens with zero attached hydrogens (tertiary/aromatic N) is 1. The first-order valence-electron chi connectivity index (χ1n) is 5.94. The number of likely N-dealkylation sites (N-methyl/N-ethyl adjacent to an activating group) is 1. The molecule has 0 unspecified atom stereocenters. The maximum Gasteiger partial charge on any atom is 0.289 e. The van der Waals surface area contributed by atoms with Gasteiger partial charge in [0, 0.05) is 20.5 Å². The second kappa shape index (κ2) is 4.70. The van der Waals surface area contributed by atoms with E-state index < -0.39 is 11.7 Å². The van der Waals surface area contributed by atoms with Crippen LogP contribution >= 0.6 is 0 Å². The normalized spacial score (nSPS) is 13.3. The fourth-order valence-electron chi connectivity index (χ4n) is 2.34. The van der Waals surface area contributed by atoms with E-state index in [1.54, 1.807) is 7.05 Å². The molecular formula is C14H17NO2. The van der Waals surface area contributed by atoms with Gasteiger partial charge in [-0.15, -0.1) is 0 Å². The Labute approximate surface area is 101 Å². The van der Waals surface area contributed by atoms with E-state index in [1.165, 1.54) is 29.4 Å². The number of fused-ring (bicyclic) bond motifs is 1. The molecule has 0 saturated carbocycles. The summed E-state index contributed by atoms with van der Waals surface area (Å²) >= 11 is 0. The molecule has 1 aromatic rings. The Hall–Kier alpha value is -1.64. The Morgan fingerprint density at radius 3 is 2.65 bits per heavy atom. The molecule has 1 aliphatic carbocycles. The number of carbonyl (C=O) groups is 2. The molecule has 0 bridgehead atoms. The summed E-state index contributed by atoms with van der Waals surface area (Å²) in [5, 5.41) is 0. The van der Waals surface area contributed by atoms with Crippen LogP contribution in [0.5, 0.6) is 0 Å². The average Bonchev–Trinajstić information content (AvgIpc) is 2.74. The minimum absolute atomic E-state index is 0.409. The predicted octanol–water partition coefficient (Wildman–Crippen LogP) is 1.72. The lowest BCUT2D eigenvalue weighted by molar-refractivity contribution is -0.143. The van der Waals surface area contributed by atoms with E-state index in [0.717, 1.165) is 18.4 Å². The van der Waals surface area contributed by atoms with Crippen LogP contribution in [0.3, 0.4) is 0 Å². The number of ketones is 1. The summed E-state index contributed by atoms with van der Waals surface area (Å²) in [4.78, 5) is 23.9. The molecule has 0 fully saturated rings. The van der Waals surface area contributed by atoms with E-state index in [9.17, 15) is 9.59 Å². The number of Topliss-reactive ketones (excluding diaryl/α,β-unsaturated/α-hetero) is 1. The molecule has 0 aliphatic heterocycles. The van der Waals surface area contributed by atoms with E-state index in [-0.39, 0.29) is 0 Å². The third-order valence-electron chi connectivity index (χ3n) is 3.23. The SMILES string of the molecule is CC(=O)C(=O)N(C)Cc1ccc2c(c1)CCC2. The topological polar surface area (TPSA) is 37.4 Å². The fourth-order valence-corrected chi connectivity index (χ4v) is 2.34. The number of aryl methyl sites for hydroxylation is 2. The Morgan fingerprint density at radius 2 is 1.94 bits per heavy atom. The highest BCUT2D eigenvalue weighted by Crippen LogP contribution is 2.23. The van der Waals surface area contributed by atoms with Gasteiger partial charge in [0.15, 0.2) is 0 Å². The van der Waals surface area contributed by atoms with E-state index in [1.807, 2.05) is 6.07 Å². The van der Waals surface area contributed by atoms with Crippen LogP contribution < -0.4 is 0 Å². The number of benzene rings is 1. The van der Waals surface area contributed by atoms with Crippen molar-refractivity contribution in [3.05, 3.63) is 34.9 Å². The Bertz CT molecular complexity index is 465.